The van der Waals surface area contributed by atoms with Gasteiger partial charge in [0.15, 0.2) is 12.4 Å². The van der Waals surface area contributed by atoms with Crippen molar-refractivity contribution < 1.29 is 23.9 Å². The van der Waals surface area contributed by atoms with E-state index in [4.69, 9.17) is 9.47 Å². The van der Waals surface area contributed by atoms with E-state index in [1.165, 1.54) is 11.8 Å². The smallest absolute Gasteiger partial charge is 0.309 e. The molecule has 0 atom stereocenters. The zero-order valence-electron chi connectivity index (χ0n) is 14.8. The van der Waals surface area contributed by atoms with Crippen LogP contribution in [0.5, 0.6) is 5.75 Å². The highest BCUT2D eigenvalue weighted by atomic mass is 32.1. The first-order valence-electron chi connectivity index (χ1n) is 8.10. The van der Waals surface area contributed by atoms with Gasteiger partial charge in [0.05, 0.1) is 13.0 Å². The summed E-state index contributed by atoms with van der Waals surface area (Å²) in [5.74, 6) is -0.212. The second kappa shape index (κ2) is 9.72. The summed E-state index contributed by atoms with van der Waals surface area (Å²) in [6.45, 7) is 1.83. The molecule has 0 fully saturated rings. The summed E-state index contributed by atoms with van der Waals surface area (Å²) in [6.07, 6.45) is 0.0377. The van der Waals surface area contributed by atoms with Crippen LogP contribution in [0.3, 0.4) is 0 Å². The maximum atomic E-state index is 11.9. The van der Waals surface area contributed by atoms with E-state index in [1.807, 2.05) is 16.8 Å². The Morgan fingerprint density at radius 1 is 1.12 bits per heavy atom. The van der Waals surface area contributed by atoms with Crippen LogP contribution < -0.4 is 4.74 Å². The number of Topliss-reactive ketones (excluding diaryl/α,β-unsaturated/α-hetero) is 1. The molecular weight excluding hydrogens is 354 g/mol. The second-order valence-electron chi connectivity index (χ2n) is 5.72. The summed E-state index contributed by atoms with van der Waals surface area (Å²) in [7, 11) is 1.67. The standard InChI is InChI=1S/C19H21NO5S/c1-14(21)16-3-5-17(6-4-16)24-9-7-19(23)25-12-18(22)20(2)11-15-8-10-26-13-15/h3-6,8,10,13H,7,9,11-12H2,1-2H3. The highest BCUT2D eigenvalue weighted by Crippen LogP contribution is 2.13. The van der Waals surface area contributed by atoms with Gasteiger partial charge in [-0.1, -0.05) is 0 Å². The maximum Gasteiger partial charge on any atom is 0.309 e. The summed E-state index contributed by atoms with van der Waals surface area (Å²) in [5, 5.41) is 3.91. The number of rotatable bonds is 9. The van der Waals surface area contributed by atoms with Crippen molar-refractivity contribution in [2.24, 2.45) is 0 Å². The predicted octanol–water partition coefficient (Wildman–Crippen LogP) is 2.92. The summed E-state index contributed by atoms with van der Waals surface area (Å²) < 4.78 is 10.4. The monoisotopic (exact) mass is 375 g/mol. The quantitative estimate of drug-likeness (QED) is 0.498. The lowest BCUT2D eigenvalue weighted by Crippen LogP contribution is -2.30. The average molecular weight is 375 g/mol. The van der Waals surface area contributed by atoms with Gasteiger partial charge in [-0.15, -0.1) is 0 Å². The molecule has 2 aromatic rings. The van der Waals surface area contributed by atoms with Crippen LogP contribution in [-0.4, -0.2) is 42.8 Å². The zero-order valence-corrected chi connectivity index (χ0v) is 15.6. The fraction of sp³-hybridized carbons (Fsp3) is 0.316. The Bertz CT molecular complexity index is 740. The summed E-state index contributed by atoms with van der Waals surface area (Å²) in [6, 6.07) is 8.62. The number of ketones is 1. The molecule has 6 nitrogen and oxygen atoms in total. The number of carbonyl (C=O) groups is 3. The van der Waals surface area contributed by atoms with Gasteiger partial charge >= 0.3 is 5.97 Å². The van der Waals surface area contributed by atoms with E-state index in [1.54, 1.807) is 42.6 Å². The van der Waals surface area contributed by atoms with Crippen molar-refractivity contribution >= 4 is 29.0 Å². The molecule has 1 heterocycles. The van der Waals surface area contributed by atoms with Gasteiger partial charge in [-0.2, -0.15) is 11.3 Å². The minimum absolute atomic E-state index is 0.0197. The van der Waals surface area contributed by atoms with Crippen molar-refractivity contribution in [2.75, 3.05) is 20.3 Å². The Balaban J connectivity index is 1.65. The number of amides is 1. The molecule has 0 N–H and O–H groups in total. The number of esters is 1. The van der Waals surface area contributed by atoms with Gasteiger partial charge in [0.1, 0.15) is 5.75 Å². The van der Waals surface area contributed by atoms with Crippen LogP contribution in [-0.2, 0) is 20.9 Å². The molecule has 1 amide bonds. The number of nitrogens with zero attached hydrogens (tertiary/aromatic N) is 1. The largest absolute Gasteiger partial charge is 0.493 e. The first-order chi connectivity index (χ1) is 12.5. The van der Waals surface area contributed by atoms with Crippen LogP contribution in [0.4, 0.5) is 0 Å². The molecule has 7 heteroatoms. The number of ether oxygens (including phenoxy) is 2. The third-order valence-corrected chi connectivity index (χ3v) is 4.35. The first-order valence-corrected chi connectivity index (χ1v) is 9.04. The minimum atomic E-state index is -0.498. The maximum absolute atomic E-state index is 11.9. The lowest BCUT2D eigenvalue weighted by Gasteiger charge is -2.16. The third kappa shape index (κ3) is 6.33. The Morgan fingerprint density at radius 2 is 1.85 bits per heavy atom. The molecule has 2 rings (SSSR count). The molecular formula is C19H21NO5S. The van der Waals surface area contributed by atoms with Crippen molar-refractivity contribution in [1.29, 1.82) is 0 Å². The highest BCUT2D eigenvalue weighted by molar-refractivity contribution is 7.07. The number of hydrogen-bond acceptors (Lipinski definition) is 6. The van der Waals surface area contributed by atoms with Crippen LogP contribution in [0.25, 0.3) is 0 Å². The molecule has 26 heavy (non-hydrogen) atoms. The Hall–Kier alpha value is -2.67. The van der Waals surface area contributed by atoms with E-state index in [2.05, 4.69) is 0 Å². The molecule has 0 aliphatic rings. The van der Waals surface area contributed by atoms with Gasteiger partial charge in [-0.05, 0) is 53.6 Å². The summed E-state index contributed by atoms with van der Waals surface area (Å²) >= 11 is 1.57. The molecule has 0 spiro atoms. The molecule has 1 aromatic heterocycles. The average Bonchev–Trinajstić information content (AvgIpc) is 3.13. The minimum Gasteiger partial charge on any atom is -0.493 e. The molecule has 0 saturated heterocycles. The van der Waals surface area contributed by atoms with Crippen LogP contribution in [0.1, 0.15) is 29.3 Å². The van der Waals surface area contributed by atoms with E-state index < -0.39 is 5.97 Å². The molecule has 0 saturated carbocycles. The second-order valence-corrected chi connectivity index (χ2v) is 6.50. The van der Waals surface area contributed by atoms with Crippen LogP contribution in [0.2, 0.25) is 0 Å². The number of likely N-dealkylation sites (N-methyl/N-ethyl adjacent to an activating group) is 1. The van der Waals surface area contributed by atoms with Gasteiger partial charge in [-0.3, -0.25) is 14.4 Å². The van der Waals surface area contributed by atoms with Crippen molar-refractivity contribution in [3.63, 3.8) is 0 Å². The number of thiophene rings is 1. The van der Waals surface area contributed by atoms with Crippen molar-refractivity contribution in [3.8, 4) is 5.75 Å². The van der Waals surface area contributed by atoms with Gasteiger partial charge in [0.2, 0.25) is 0 Å². The molecule has 0 aliphatic heterocycles. The van der Waals surface area contributed by atoms with Crippen molar-refractivity contribution in [2.45, 2.75) is 19.9 Å². The molecule has 0 radical (unpaired) electrons. The third-order valence-electron chi connectivity index (χ3n) is 3.62. The van der Waals surface area contributed by atoms with Crippen LogP contribution >= 0.6 is 11.3 Å². The first kappa shape index (κ1) is 19.7. The zero-order chi connectivity index (χ0) is 18.9. The van der Waals surface area contributed by atoms with Crippen molar-refractivity contribution in [1.82, 2.24) is 4.90 Å². The van der Waals surface area contributed by atoms with Gasteiger partial charge in [0.25, 0.3) is 5.91 Å². The SMILES string of the molecule is CC(=O)c1ccc(OCCC(=O)OCC(=O)N(C)Cc2ccsc2)cc1. The van der Waals surface area contributed by atoms with Gasteiger partial charge < -0.3 is 14.4 Å². The van der Waals surface area contributed by atoms with E-state index in [0.717, 1.165) is 5.56 Å². The molecule has 0 bridgehead atoms. The van der Waals surface area contributed by atoms with Crippen LogP contribution in [0.15, 0.2) is 41.1 Å². The molecule has 0 unspecified atom stereocenters. The van der Waals surface area contributed by atoms with Gasteiger partial charge in [-0.25, -0.2) is 0 Å². The van der Waals surface area contributed by atoms with E-state index in [9.17, 15) is 14.4 Å². The van der Waals surface area contributed by atoms with E-state index in [-0.39, 0.29) is 31.3 Å². The lowest BCUT2D eigenvalue weighted by atomic mass is 10.1. The number of benzene rings is 1. The predicted molar refractivity (Wildman–Crippen MR) is 98.3 cm³/mol. The van der Waals surface area contributed by atoms with Crippen molar-refractivity contribution in [3.05, 3.63) is 52.2 Å². The molecule has 0 aliphatic carbocycles. The fourth-order valence-corrected chi connectivity index (χ4v) is 2.77. The van der Waals surface area contributed by atoms with E-state index in [0.29, 0.717) is 17.9 Å². The summed E-state index contributed by atoms with van der Waals surface area (Å²) in [5.41, 5.74) is 1.64. The molecule has 138 valence electrons. The summed E-state index contributed by atoms with van der Waals surface area (Å²) in [4.78, 5) is 36.4. The topological polar surface area (TPSA) is 72.9 Å². The van der Waals surface area contributed by atoms with Crippen LogP contribution in [0, 0.1) is 0 Å². The highest BCUT2D eigenvalue weighted by Gasteiger charge is 2.13. The lowest BCUT2D eigenvalue weighted by molar-refractivity contribution is -0.152. The number of carbonyl (C=O) groups excluding carboxylic acids is 3. The fourth-order valence-electron chi connectivity index (χ4n) is 2.11. The van der Waals surface area contributed by atoms with Gasteiger partial charge in [0, 0.05) is 19.2 Å². The Kier molecular flexibility index (Phi) is 7.35. The number of hydrogen-bond donors (Lipinski definition) is 0. The molecule has 1 aromatic carbocycles. The Labute approximate surface area is 156 Å². The normalized spacial score (nSPS) is 10.2. The van der Waals surface area contributed by atoms with E-state index >= 15 is 0 Å². The Morgan fingerprint density at radius 3 is 2.46 bits per heavy atom.